The van der Waals surface area contributed by atoms with Crippen molar-refractivity contribution in [2.24, 2.45) is 11.8 Å². The number of phenolic OH excluding ortho intramolecular Hbond substituents is 1. The third-order valence-electron chi connectivity index (χ3n) is 12.5. The number of ether oxygens (including phenoxy) is 2. The van der Waals surface area contributed by atoms with E-state index in [0.717, 1.165) is 64.1 Å². The van der Waals surface area contributed by atoms with Crippen LogP contribution in [0.25, 0.3) is 32.8 Å². The van der Waals surface area contributed by atoms with Crippen LogP contribution in [-0.4, -0.2) is 122 Å². The summed E-state index contributed by atoms with van der Waals surface area (Å²) in [6.07, 6.45) is 2.65. The van der Waals surface area contributed by atoms with Crippen LogP contribution in [0.5, 0.6) is 17.5 Å². The normalized spacial score (nSPS) is 27.7. The number of nitrogens with one attached hydrogen (secondary N) is 2. The first-order valence-electron chi connectivity index (χ1n) is 19.8. The lowest BCUT2D eigenvalue weighted by Gasteiger charge is -2.40. The molecule has 0 amide bonds. The first-order chi connectivity index (χ1) is 26.2. The number of anilines is 1. The molecular formula is C41H50F3N7O3. The van der Waals surface area contributed by atoms with Crippen LogP contribution in [0.15, 0.2) is 30.3 Å². The van der Waals surface area contributed by atoms with E-state index in [0.29, 0.717) is 48.4 Å². The fraction of sp³-hybridized carbons (Fsp3) is 0.561. The summed E-state index contributed by atoms with van der Waals surface area (Å²) in [5.41, 5.74) is 0.713. The molecule has 10 nitrogen and oxygen atoms in total. The van der Waals surface area contributed by atoms with Gasteiger partial charge in [-0.3, -0.25) is 0 Å². The Morgan fingerprint density at radius 3 is 2.69 bits per heavy atom. The number of nitrogens with zero attached hydrogens (tertiary/aromatic N) is 5. The van der Waals surface area contributed by atoms with E-state index in [9.17, 15) is 5.11 Å². The summed E-state index contributed by atoms with van der Waals surface area (Å²) in [5, 5.41) is 19.3. The summed E-state index contributed by atoms with van der Waals surface area (Å²) in [7, 11) is 2.15. The van der Waals surface area contributed by atoms with Crippen molar-refractivity contribution in [3.05, 3.63) is 47.5 Å². The Morgan fingerprint density at radius 1 is 1.00 bits per heavy atom. The highest BCUT2D eigenvalue weighted by Crippen LogP contribution is 2.48. The highest BCUT2D eigenvalue weighted by Gasteiger charge is 2.45. The number of alkyl halides is 1. The average molecular weight is 746 g/mol. The Labute approximate surface area is 314 Å². The zero-order chi connectivity index (χ0) is 37.1. The maximum absolute atomic E-state index is 17.4. The van der Waals surface area contributed by atoms with E-state index in [1.165, 1.54) is 6.07 Å². The molecule has 1 aromatic heterocycles. The Balaban J connectivity index is 1.12. The Kier molecular flexibility index (Phi) is 9.69. The number of hydrogen-bond donors (Lipinski definition) is 3. The van der Waals surface area contributed by atoms with Crippen LogP contribution in [0.4, 0.5) is 19.0 Å². The molecule has 5 aliphatic heterocycles. The summed E-state index contributed by atoms with van der Waals surface area (Å²) in [6, 6.07) is 8.79. The van der Waals surface area contributed by atoms with Crippen molar-refractivity contribution in [2.75, 3.05) is 77.5 Å². The van der Waals surface area contributed by atoms with Crippen molar-refractivity contribution < 1.29 is 27.8 Å². The third kappa shape index (κ3) is 6.60. The van der Waals surface area contributed by atoms with E-state index in [1.54, 1.807) is 6.07 Å². The Morgan fingerprint density at radius 2 is 1.85 bits per heavy atom. The molecule has 13 heteroatoms. The van der Waals surface area contributed by atoms with Gasteiger partial charge >= 0.3 is 6.01 Å². The second-order valence-corrected chi connectivity index (χ2v) is 16.2. The molecule has 3 N–H and O–H groups in total. The van der Waals surface area contributed by atoms with Crippen molar-refractivity contribution in [1.29, 1.82) is 0 Å². The molecule has 0 aliphatic carbocycles. The molecule has 0 spiro atoms. The van der Waals surface area contributed by atoms with E-state index < -0.39 is 17.8 Å². The molecule has 5 aliphatic rings. The molecule has 6 atom stereocenters. The first-order valence-corrected chi connectivity index (χ1v) is 19.8. The molecule has 54 heavy (non-hydrogen) atoms. The second-order valence-electron chi connectivity index (χ2n) is 16.2. The van der Waals surface area contributed by atoms with Crippen LogP contribution < -0.4 is 25.0 Å². The molecule has 4 aromatic rings. The minimum absolute atomic E-state index is 0.0207. The minimum Gasteiger partial charge on any atom is -0.508 e. The highest BCUT2D eigenvalue weighted by atomic mass is 19.1. The molecule has 288 valence electrons. The van der Waals surface area contributed by atoms with E-state index in [-0.39, 0.29) is 76.8 Å². The van der Waals surface area contributed by atoms with Gasteiger partial charge < -0.3 is 39.9 Å². The zero-order valence-electron chi connectivity index (χ0n) is 31.1. The number of likely N-dealkylation sites (N-methyl/N-ethyl adjacent to an activating group) is 1. The maximum Gasteiger partial charge on any atom is 0.319 e. The number of hydrogen-bond acceptors (Lipinski definition) is 10. The van der Waals surface area contributed by atoms with Crippen molar-refractivity contribution >= 4 is 27.5 Å². The van der Waals surface area contributed by atoms with Crippen molar-refractivity contribution in [1.82, 2.24) is 30.4 Å². The van der Waals surface area contributed by atoms with Gasteiger partial charge in [-0.25, -0.2) is 13.2 Å². The number of phenols is 1. The molecular weight excluding hydrogens is 695 g/mol. The van der Waals surface area contributed by atoms with Crippen molar-refractivity contribution in [3.63, 3.8) is 0 Å². The zero-order valence-corrected chi connectivity index (χ0v) is 31.1. The lowest BCUT2D eigenvalue weighted by atomic mass is 9.88. The summed E-state index contributed by atoms with van der Waals surface area (Å²) >= 11 is 0. The molecule has 2 bridgehead atoms. The number of aromatic nitrogens is 2. The number of aromatic hydroxyl groups is 1. The number of fused-ring (bicyclic) bond motifs is 6. The smallest absolute Gasteiger partial charge is 0.319 e. The van der Waals surface area contributed by atoms with E-state index in [2.05, 4.69) is 37.4 Å². The van der Waals surface area contributed by atoms with Gasteiger partial charge in [0.25, 0.3) is 0 Å². The number of halogens is 3. The van der Waals surface area contributed by atoms with Crippen molar-refractivity contribution in [2.45, 2.75) is 63.3 Å². The van der Waals surface area contributed by atoms with Gasteiger partial charge in [-0.05, 0) is 91.6 Å². The molecule has 0 saturated carbocycles. The van der Waals surface area contributed by atoms with Gasteiger partial charge in [0.1, 0.15) is 29.9 Å². The molecule has 4 saturated heterocycles. The summed E-state index contributed by atoms with van der Waals surface area (Å²) in [4.78, 5) is 16.5. The van der Waals surface area contributed by atoms with E-state index >= 15 is 13.2 Å². The Bertz CT molecular complexity index is 2050. The topological polar surface area (TPSA) is 98.3 Å². The molecule has 0 radical (unpaired) electrons. The van der Waals surface area contributed by atoms with Crippen LogP contribution in [-0.2, 0) is 6.42 Å². The maximum atomic E-state index is 17.4. The fourth-order valence-corrected chi connectivity index (χ4v) is 9.77. The quantitative estimate of drug-likeness (QED) is 0.232. The van der Waals surface area contributed by atoms with Crippen LogP contribution in [0.3, 0.4) is 0 Å². The second kappa shape index (κ2) is 14.6. The summed E-state index contributed by atoms with van der Waals surface area (Å²) in [5.74, 6) is -1.30. The first kappa shape index (κ1) is 35.8. The number of piperazine rings is 2. The summed E-state index contributed by atoms with van der Waals surface area (Å²) in [6.45, 7) is 9.01. The van der Waals surface area contributed by atoms with Gasteiger partial charge in [-0.15, -0.1) is 0 Å². The largest absolute Gasteiger partial charge is 0.508 e. The van der Waals surface area contributed by atoms with Crippen LogP contribution in [0.1, 0.15) is 38.2 Å². The molecule has 6 unspecified atom stereocenters. The molecule has 4 fully saturated rings. The summed E-state index contributed by atoms with van der Waals surface area (Å²) < 4.78 is 62.3. The monoisotopic (exact) mass is 745 g/mol. The molecule has 6 heterocycles. The van der Waals surface area contributed by atoms with Gasteiger partial charge in [0, 0.05) is 57.9 Å². The molecule has 3 aromatic carbocycles. The van der Waals surface area contributed by atoms with Crippen LogP contribution in [0, 0.1) is 23.5 Å². The predicted molar refractivity (Wildman–Crippen MR) is 203 cm³/mol. The van der Waals surface area contributed by atoms with Crippen molar-refractivity contribution in [3.8, 4) is 28.6 Å². The number of aryl methyl sites for hydroxylation is 1. The number of benzene rings is 3. The molecule has 9 rings (SSSR count). The van der Waals surface area contributed by atoms with Crippen LogP contribution in [0.2, 0.25) is 0 Å². The third-order valence-corrected chi connectivity index (χ3v) is 12.5. The fourth-order valence-electron chi connectivity index (χ4n) is 9.77. The predicted octanol–water partition coefficient (Wildman–Crippen LogP) is 5.28. The standard InChI is InChI=1S/C41H50F3N7O3/c1-3-25-5-4-6-26-15-29(52)16-30(33(25)26)34-36(43)38-35-39(37(34)44)53-22-32-31-8-7-28(46-31)20-51(32)40(35)48-41(47-38)54-21-23-13-24(17-45-18-27(42)14-23)19-50-11-9-49(2)10-12-50/h4-6,15-16,23-24,27-28,31-32,45-46,52H,3,7-14,17-22H2,1-2H3. The van der Waals surface area contributed by atoms with Gasteiger partial charge in [-0.2, -0.15) is 9.97 Å². The average Bonchev–Trinajstić information content (AvgIpc) is 3.46. The highest BCUT2D eigenvalue weighted by molar-refractivity contribution is 6.05. The van der Waals surface area contributed by atoms with Gasteiger partial charge in [0.2, 0.25) is 0 Å². The lowest BCUT2D eigenvalue weighted by molar-refractivity contribution is 0.104. The van der Waals surface area contributed by atoms with Gasteiger partial charge in [0.15, 0.2) is 17.4 Å². The lowest BCUT2D eigenvalue weighted by Crippen LogP contribution is -2.60. The van der Waals surface area contributed by atoms with E-state index in [4.69, 9.17) is 14.5 Å². The van der Waals surface area contributed by atoms with Gasteiger partial charge in [0.05, 0.1) is 23.6 Å². The van der Waals surface area contributed by atoms with Crippen LogP contribution >= 0.6 is 0 Å². The van der Waals surface area contributed by atoms with Gasteiger partial charge in [-0.1, -0.05) is 25.1 Å². The SMILES string of the molecule is CCc1cccc2cc(O)cc(-c3c(F)c4c5c(nc(OCC6CC(F)CNCC(CN7CCN(C)CC7)C6)nc5c3F)N3CC5CCC(N5)C3CO4)c12. The minimum atomic E-state index is -1.02. The van der Waals surface area contributed by atoms with E-state index in [1.807, 2.05) is 25.1 Å². The number of rotatable bonds is 7. The Hall–Kier alpha value is -3.91.